The number of fused-ring (bicyclic) bond motifs is 1. The molecule has 134 valence electrons. The van der Waals surface area contributed by atoms with E-state index < -0.39 is 5.91 Å². The van der Waals surface area contributed by atoms with Crippen LogP contribution in [0, 0.1) is 0 Å². The molecule has 4 nitrogen and oxygen atoms in total. The Morgan fingerprint density at radius 2 is 1.67 bits per heavy atom. The smallest absolute Gasteiger partial charge is 0.268 e. The SMILES string of the molecule is NC(=O)c1nc(C(N)Cc2ccc3ccccc3c2)sc1-c1ccccc1. The van der Waals surface area contributed by atoms with Crippen LogP contribution in [-0.2, 0) is 6.42 Å². The molecule has 1 heterocycles. The van der Waals surface area contributed by atoms with Gasteiger partial charge in [-0.15, -0.1) is 11.3 Å². The molecule has 0 bridgehead atoms. The number of nitrogens with zero attached hydrogens (tertiary/aromatic N) is 1. The molecular formula is C22H19N3OS. The summed E-state index contributed by atoms with van der Waals surface area (Å²) < 4.78 is 0. The topological polar surface area (TPSA) is 82.0 Å². The molecule has 27 heavy (non-hydrogen) atoms. The Kier molecular flexibility index (Phi) is 4.71. The number of nitrogens with two attached hydrogens (primary N) is 2. The second-order valence-corrected chi connectivity index (χ2v) is 7.48. The van der Waals surface area contributed by atoms with E-state index in [1.165, 1.54) is 22.1 Å². The van der Waals surface area contributed by atoms with E-state index in [0.29, 0.717) is 6.42 Å². The van der Waals surface area contributed by atoms with Gasteiger partial charge in [0.1, 0.15) is 10.7 Å². The summed E-state index contributed by atoms with van der Waals surface area (Å²) in [5.41, 5.74) is 14.3. The van der Waals surface area contributed by atoms with Crippen molar-refractivity contribution in [3.8, 4) is 10.4 Å². The van der Waals surface area contributed by atoms with E-state index in [0.717, 1.165) is 21.0 Å². The van der Waals surface area contributed by atoms with Gasteiger partial charge in [-0.25, -0.2) is 4.98 Å². The van der Waals surface area contributed by atoms with Crippen LogP contribution in [-0.4, -0.2) is 10.9 Å². The lowest BCUT2D eigenvalue weighted by molar-refractivity contribution is 0.0996. The van der Waals surface area contributed by atoms with E-state index in [-0.39, 0.29) is 11.7 Å². The zero-order valence-electron chi connectivity index (χ0n) is 14.6. The number of carbonyl (C=O) groups excluding carboxylic acids is 1. The maximum Gasteiger partial charge on any atom is 0.268 e. The number of hydrogen-bond acceptors (Lipinski definition) is 4. The van der Waals surface area contributed by atoms with Crippen molar-refractivity contribution in [2.24, 2.45) is 11.5 Å². The third-order valence-corrected chi connectivity index (χ3v) is 5.74. The van der Waals surface area contributed by atoms with Crippen molar-refractivity contribution in [2.75, 3.05) is 0 Å². The second kappa shape index (κ2) is 7.31. The molecular weight excluding hydrogens is 354 g/mol. The van der Waals surface area contributed by atoms with Crippen LogP contribution in [0.1, 0.15) is 27.1 Å². The first kappa shape index (κ1) is 17.4. The molecule has 1 atom stereocenters. The maximum atomic E-state index is 11.9. The summed E-state index contributed by atoms with van der Waals surface area (Å²) in [6.45, 7) is 0. The van der Waals surface area contributed by atoms with Crippen molar-refractivity contribution in [3.63, 3.8) is 0 Å². The minimum absolute atomic E-state index is 0.287. The summed E-state index contributed by atoms with van der Waals surface area (Å²) in [6.07, 6.45) is 0.644. The average molecular weight is 373 g/mol. The fraction of sp³-hybridized carbons (Fsp3) is 0.0909. The summed E-state index contributed by atoms with van der Waals surface area (Å²) in [6, 6.07) is 23.9. The second-order valence-electron chi connectivity index (χ2n) is 6.45. The quantitative estimate of drug-likeness (QED) is 0.547. The first-order chi connectivity index (χ1) is 13.1. The van der Waals surface area contributed by atoms with Crippen LogP contribution in [0.3, 0.4) is 0 Å². The minimum Gasteiger partial charge on any atom is -0.364 e. The molecule has 4 rings (SSSR count). The zero-order chi connectivity index (χ0) is 18.8. The average Bonchev–Trinajstić information content (AvgIpc) is 3.15. The number of carbonyl (C=O) groups is 1. The molecule has 4 N–H and O–H groups in total. The van der Waals surface area contributed by atoms with Crippen LogP contribution in [0.4, 0.5) is 0 Å². The largest absolute Gasteiger partial charge is 0.364 e. The van der Waals surface area contributed by atoms with Crippen molar-refractivity contribution in [1.29, 1.82) is 0 Å². The lowest BCUT2D eigenvalue weighted by Crippen LogP contribution is -2.15. The lowest BCUT2D eigenvalue weighted by atomic mass is 10.0. The molecule has 4 aromatic rings. The van der Waals surface area contributed by atoms with E-state index in [2.05, 4.69) is 35.3 Å². The van der Waals surface area contributed by atoms with E-state index in [1.54, 1.807) is 0 Å². The highest BCUT2D eigenvalue weighted by Crippen LogP contribution is 2.33. The molecule has 0 saturated carbocycles. The highest BCUT2D eigenvalue weighted by molar-refractivity contribution is 7.15. The van der Waals surface area contributed by atoms with Gasteiger partial charge in [0, 0.05) is 0 Å². The van der Waals surface area contributed by atoms with Gasteiger partial charge in [-0.3, -0.25) is 4.79 Å². The van der Waals surface area contributed by atoms with Crippen LogP contribution >= 0.6 is 11.3 Å². The maximum absolute atomic E-state index is 11.9. The highest BCUT2D eigenvalue weighted by Gasteiger charge is 2.21. The van der Waals surface area contributed by atoms with Gasteiger partial charge < -0.3 is 11.5 Å². The molecule has 0 aliphatic heterocycles. The van der Waals surface area contributed by atoms with E-state index >= 15 is 0 Å². The standard InChI is InChI=1S/C22H19N3OS/c23-18(13-14-10-11-15-6-4-5-9-17(15)12-14)22-25-19(21(24)26)20(27-22)16-7-2-1-3-8-16/h1-12,18H,13,23H2,(H2,24,26). The highest BCUT2D eigenvalue weighted by atomic mass is 32.1. The number of amides is 1. The number of primary amides is 1. The summed E-state index contributed by atoms with van der Waals surface area (Å²) in [5.74, 6) is -0.533. The van der Waals surface area contributed by atoms with Gasteiger partial charge in [0.2, 0.25) is 0 Å². The Hall–Kier alpha value is -3.02. The zero-order valence-corrected chi connectivity index (χ0v) is 15.4. The van der Waals surface area contributed by atoms with Gasteiger partial charge in [-0.05, 0) is 28.3 Å². The predicted octanol–water partition coefficient (Wildman–Crippen LogP) is 4.30. The Morgan fingerprint density at radius 1 is 0.963 bits per heavy atom. The Morgan fingerprint density at radius 3 is 2.41 bits per heavy atom. The van der Waals surface area contributed by atoms with Gasteiger partial charge in [0.15, 0.2) is 0 Å². The fourth-order valence-corrected chi connectivity index (χ4v) is 4.23. The predicted molar refractivity (Wildman–Crippen MR) is 111 cm³/mol. The van der Waals surface area contributed by atoms with Gasteiger partial charge in [-0.2, -0.15) is 0 Å². The molecule has 5 heteroatoms. The lowest BCUT2D eigenvalue weighted by Gasteiger charge is -2.09. The number of hydrogen-bond donors (Lipinski definition) is 2. The summed E-state index contributed by atoms with van der Waals surface area (Å²) in [4.78, 5) is 17.1. The molecule has 0 fully saturated rings. The summed E-state index contributed by atoms with van der Waals surface area (Å²) >= 11 is 1.43. The normalized spacial score (nSPS) is 12.2. The molecule has 0 saturated heterocycles. The minimum atomic E-state index is -0.533. The Labute approximate surface area is 161 Å². The van der Waals surface area contributed by atoms with Crippen LogP contribution < -0.4 is 11.5 Å². The van der Waals surface area contributed by atoms with Crippen molar-refractivity contribution < 1.29 is 4.79 Å². The summed E-state index contributed by atoms with van der Waals surface area (Å²) in [5, 5.41) is 3.10. The third-order valence-electron chi connectivity index (χ3n) is 4.50. The monoisotopic (exact) mass is 373 g/mol. The Balaban J connectivity index is 1.65. The van der Waals surface area contributed by atoms with E-state index in [9.17, 15) is 4.79 Å². The van der Waals surface area contributed by atoms with Gasteiger partial charge in [-0.1, -0.05) is 72.8 Å². The van der Waals surface area contributed by atoms with Crippen LogP contribution in [0.2, 0.25) is 0 Å². The van der Waals surface area contributed by atoms with Crippen LogP contribution in [0.25, 0.3) is 21.2 Å². The fourth-order valence-electron chi connectivity index (χ4n) is 3.15. The molecule has 3 aromatic carbocycles. The van der Waals surface area contributed by atoms with Crippen molar-refractivity contribution in [2.45, 2.75) is 12.5 Å². The van der Waals surface area contributed by atoms with E-state index in [4.69, 9.17) is 11.5 Å². The summed E-state index contributed by atoms with van der Waals surface area (Å²) in [7, 11) is 0. The number of thiazole rings is 1. The van der Waals surface area contributed by atoms with Crippen molar-refractivity contribution >= 4 is 28.0 Å². The van der Waals surface area contributed by atoms with Gasteiger partial charge in [0.25, 0.3) is 5.91 Å². The van der Waals surface area contributed by atoms with Gasteiger partial charge >= 0.3 is 0 Å². The first-order valence-corrected chi connectivity index (χ1v) is 9.52. The van der Waals surface area contributed by atoms with Crippen LogP contribution in [0.15, 0.2) is 72.8 Å². The number of benzene rings is 3. The molecule has 1 unspecified atom stereocenters. The molecule has 1 aromatic heterocycles. The Bertz CT molecular complexity index is 1100. The van der Waals surface area contributed by atoms with Crippen molar-refractivity contribution in [3.05, 3.63) is 89.1 Å². The molecule has 0 aliphatic rings. The first-order valence-electron chi connectivity index (χ1n) is 8.71. The molecule has 0 spiro atoms. The third kappa shape index (κ3) is 3.60. The molecule has 1 amide bonds. The number of aromatic nitrogens is 1. The number of rotatable bonds is 5. The molecule has 0 radical (unpaired) electrons. The van der Waals surface area contributed by atoms with Crippen molar-refractivity contribution in [1.82, 2.24) is 4.98 Å². The van der Waals surface area contributed by atoms with Crippen LogP contribution in [0.5, 0.6) is 0 Å². The van der Waals surface area contributed by atoms with Gasteiger partial charge in [0.05, 0.1) is 10.9 Å². The van der Waals surface area contributed by atoms with E-state index in [1.807, 2.05) is 42.5 Å². The molecule has 0 aliphatic carbocycles.